The molecule has 0 saturated heterocycles. The van der Waals surface area contributed by atoms with Crippen molar-refractivity contribution in [3.8, 4) is 5.75 Å². The first-order valence-electron chi connectivity index (χ1n) is 7.47. The van der Waals surface area contributed by atoms with Gasteiger partial charge in [-0.25, -0.2) is 0 Å². The van der Waals surface area contributed by atoms with Crippen LogP contribution in [0.4, 0.5) is 8.78 Å². The van der Waals surface area contributed by atoms with E-state index in [0.29, 0.717) is 11.1 Å². The fraction of sp³-hybridized carbons (Fsp3) is 0.278. The number of amides is 1. The molecule has 1 atom stereocenters. The number of aryl methyl sites for hydroxylation is 1. The van der Waals surface area contributed by atoms with Crippen LogP contribution in [-0.4, -0.2) is 12.5 Å². The number of carbonyl (C=O) groups excluding carboxylic acids is 1. The van der Waals surface area contributed by atoms with Gasteiger partial charge in [-0.2, -0.15) is 8.78 Å². The van der Waals surface area contributed by atoms with Gasteiger partial charge in [0.25, 0.3) is 0 Å². The molecule has 2 rings (SSSR count). The molecule has 24 heavy (non-hydrogen) atoms. The van der Waals surface area contributed by atoms with E-state index < -0.39 is 18.1 Å². The molecule has 3 N–H and O–H groups in total. The second kappa shape index (κ2) is 7.40. The van der Waals surface area contributed by atoms with Crippen LogP contribution < -0.4 is 15.8 Å². The van der Waals surface area contributed by atoms with Crippen molar-refractivity contribution >= 4 is 5.91 Å². The Bertz CT molecular complexity index is 703. The van der Waals surface area contributed by atoms with Gasteiger partial charge in [0.15, 0.2) is 0 Å². The smallest absolute Gasteiger partial charge is 0.387 e. The lowest BCUT2D eigenvalue weighted by molar-refractivity contribution is -0.126. The first-order valence-corrected chi connectivity index (χ1v) is 7.47. The monoisotopic (exact) mass is 334 g/mol. The van der Waals surface area contributed by atoms with Gasteiger partial charge in [0.1, 0.15) is 11.3 Å². The van der Waals surface area contributed by atoms with Crippen molar-refractivity contribution in [1.82, 2.24) is 5.32 Å². The molecule has 6 heteroatoms. The average molecular weight is 334 g/mol. The number of halogens is 2. The maximum absolute atomic E-state index is 12.5. The van der Waals surface area contributed by atoms with Gasteiger partial charge in [0.2, 0.25) is 5.91 Å². The second-order valence-electron chi connectivity index (χ2n) is 5.74. The molecular formula is C18H20F2N2O2. The van der Waals surface area contributed by atoms with E-state index in [-0.39, 0.29) is 12.3 Å². The highest BCUT2D eigenvalue weighted by Crippen LogP contribution is 2.23. The molecule has 0 radical (unpaired) electrons. The first-order chi connectivity index (χ1) is 11.3. The molecule has 0 aliphatic heterocycles. The second-order valence-corrected chi connectivity index (χ2v) is 5.74. The third-order valence-corrected chi connectivity index (χ3v) is 3.72. The Morgan fingerprint density at radius 2 is 1.92 bits per heavy atom. The molecule has 1 amide bonds. The molecule has 0 bridgehead atoms. The number of nitrogens with two attached hydrogens (primary N) is 1. The van der Waals surface area contributed by atoms with Crippen LogP contribution in [0.5, 0.6) is 5.75 Å². The van der Waals surface area contributed by atoms with Gasteiger partial charge in [-0.1, -0.05) is 48.0 Å². The van der Waals surface area contributed by atoms with Crippen molar-refractivity contribution < 1.29 is 18.3 Å². The standard InChI is InChI=1S/C18H20F2N2O2/c1-12-8-9-15(24-17(19)20)13(10-12)11-22-16(23)18(2,21)14-6-4-3-5-7-14/h3-10,17H,11,21H2,1-2H3,(H,22,23). The van der Waals surface area contributed by atoms with Gasteiger partial charge in [0, 0.05) is 12.1 Å². The van der Waals surface area contributed by atoms with Crippen LogP contribution in [0.25, 0.3) is 0 Å². The fourth-order valence-electron chi connectivity index (χ4n) is 2.33. The quantitative estimate of drug-likeness (QED) is 0.853. The van der Waals surface area contributed by atoms with Crippen molar-refractivity contribution in [3.05, 3.63) is 65.2 Å². The van der Waals surface area contributed by atoms with E-state index in [1.165, 1.54) is 6.07 Å². The van der Waals surface area contributed by atoms with Crippen molar-refractivity contribution in [2.45, 2.75) is 32.5 Å². The molecule has 2 aromatic carbocycles. The summed E-state index contributed by atoms with van der Waals surface area (Å²) in [7, 11) is 0. The number of ether oxygens (including phenoxy) is 1. The summed E-state index contributed by atoms with van der Waals surface area (Å²) >= 11 is 0. The minimum absolute atomic E-state index is 0.0364. The molecule has 128 valence electrons. The van der Waals surface area contributed by atoms with E-state index in [0.717, 1.165) is 5.56 Å². The molecule has 0 aliphatic rings. The minimum Gasteiger partial charge on any atom is -0.434 e. The number of rotatable bonds is 6. The van der Waals surface area contributed by atoms with E-state index in [1.807, 2.05) is 13.0 Å². The summed E-state index contributed by atoms with van der Waals surface area (Å²) in [6.07, 6.45) is 0. The Labute approximate surface area is 139 Å². The predicted octanol–water partition coefficient (Wildman–Crippen LogP) is 3.09. The predicted molar refractivity (Wildman–Crippen MR) is 87.6 cm³/mol. The van der Waals surface area contributed by atoms with Crippen LogP contribution in [0, 0.1) is 6.92 Å². The minimum atomic E-state index is -2.92. The highest BCUT2D eigenvalue weighted by Gasteiger charge is 2.30. The molecule has 0 heterocycles. The van der Waals surface area contributed by atoms with Gasteiger partial charge in [-0.05, 0) is 25.5 Å². The lowest BCUT2D eigenvalue weighted by atomic mass is 9.92. The van der Waals surface area contributed by atoms with Crippen LogP contribution in [0.15, 0.2) is 48.5 Å². The zero-order valence-electron chi connectivity index (χ0n) is 13.6. The summed E-state index contributed by atoms with van der Waals surface area (Å²) in [6, 6.07) is 13.8. The third-order valence-electron chi connectivity index (χ3n) is 3.72. The summed E-state index contributed by atoms with van der Waals surface area (Å²) in [4.78, 5) is 12.4. The molecular weight excluding hydrogens is 314 g/mol. The molecule has 0 aliphatic carbocycles. The van der Waals surface area contributed by atoms with Crippen LogP contribution in [0.3, 0.4) is 0 Å². The Morgan fingerprint density at radius 3 is 2.54 bits per heavy atom. The maximum Gasteiger partial charge on any atom is 0.387 e. The first kappa shape index (κ1) is 17.9. The summed E-state index contributed by atoms with van der Waals surface area (Å²) in [5, 5.41) is 2.69. The number of hydrogen-bond donors (Lipinski definition) is 2. The maximum atomic E-state index is 12.5. The number of benzene rings is 2. The number of nitrogens with one attached hydrogen (secondary N) is 1. The van der Waals surface area contributed by atoms with Crippen molar-refractivity contribution in [2.24, 2.45) is 5.73 Å². The fourth-order valence-corrected chi connectivity index (χ4v) is 2.33. The Hall–Kier alpha value is -2.47. The Balaban J connectivity index is 2.13. The van der Waals surface area contributed by atoms with Gasteiger partial charge in [0.05, 0.1) is 0 Å². The lowest BCUT2D eigenvalue weighted by Crippen LogP contribution is -2.48. The van der Waals surface area contributed by atoms with Crippen molar-refractivity contribution in [3.63, 3.8) is 0 Å². The largest absolute Gasteiger partial charge is 0.434 e. The van der Waals surface area contributed by atoms with E-state index in [1.54, 1.807) is 43.3 Å². The van der Waals surface area contributed by atoms with E-state index in [2.05, 4.69) is 10.1 Å². The zero-order chi connectivity index (χ0) is 17.7. The SMILES string of the molecule is Cc1ccc(OC(F)F)c(CNC(=O)C(C)(N)c2ccccc2)c1. The van der Waals surface area contributed by atoms with Gasteiger partial charge in [-0.15, -0.1) is 0 Å². The van der Waals surface area contributed by atoms with Gasteiger partial charge < -0.3 is 15.8 Å². The summed E-state index contributed by atoms with van der Waals surface area (Å²) < 4.78 is 29.4. The molecule has 0 saturated carbocycles. The summed E-state index contributed by atoms with van der Waals surface area (Å²) in [5.41, 5.74) is 6.91. The number of hydrogen-bond acceptors (Lipinski definition) is 3. The van der Waals surface area contributed by atoms with E-state index >= 15 is 0 Å². The van der Waals surface area contributed by atoms with Crippen LogP contribution in [0.2, 0.25) is 0 Å². The Morgan fingerprint density at radius 1 is 1.25 bits per heavy atom. The van der Waals surface area contributed by atoms with Crippen LogP contribution in [-0.2, 0) is 16.9 Å². The highest BCUT2D eigenvalue weighted by molar-refractivity contribution is 5.87. The van der Waals surface area contributed by atoms with Crippen LogP contribution >= 0.6 is 0 Å². The topological polar surface area (TPSA) is 64.3 Å². The molecule has 2 aromatic rings. The number of alkyl halides is 2. The van der Waals surface area contributed by atoms with Gasteiger partial charge in [-0.3, -0.25) is 4.79 Å². The Kier molecular flexibility index (Phi) is 5.51. The van der Waals surface area contributed by atoms with Crippen LogP contribution in [0.1, 0.15) is 23.6 Å². The highest BCUT2D eigenvalue weighted by atomic mass is 19.3. The van der Waals surface area contributed by atoms with Crippen molar-refractivity contribution in [2.75, 3.05) is 0 Å². The van der Waals surface area contributed by atoms with Gasteiger partial charge >= 0.3 is 6.61 Å². The molecule has 1 unspecified atom stereocenters. The summed E-state index contributed by atoms with van der Waals surface area (Å²) in [5.74, 6) is -0.368. The normalized spacial score (nSPS) is 13.4. The number of carbonyl (C=O) groups is 1. The molecule has 0 fully saturated rings. The lowest BCUT2D eigenvalue weighted by Gasteiger charge is -2.24. The summed E-state index contributed by atoms with van der Waals surface area (Å²) in [6.45, 7) is 0.549. The molecule has 0 spiro atoms. The average Bonchev–Trinajstić information content (AvgIpc) is 2.55. The molecule has 4 nitrogen and oxygen atoms in total. The van der Waals surface area contributed by atoms with E-state index in [9.17, 15) is 13.6 Å². The van der Waals surface area contributed by atoms with E-state index in [4.69, 9.17) is 5.73 Å². The molecule has 0 aromatic heterocycles. The van der Waals surface area contributed by atoms with Crippen molar-refractivity contribution in [1.29, 1.82) is 0 Å². The third kappa shape index (κ3) is 4.29. The zero-order valence-corrected chi connectivity index (χ0v) is 13.6.